The van der Waals surface area contributed by atoms with Crippen LogP contribution in [-0.2, 0) is 11.3 Å². The standard InChI is InChI=1S/C12H17NOS/c1-15-12-4-2-11(3-5-12)10-13-6-8-14-9-7-13/h2-5H,6-10H2,1H3/p+1. The summed E-state index contributed by atoms with van der Waals surface area (Å²) in [6.45, 7) is 5.25. The Hall–Kier alpha value is -0.510. The molecule has 1 heterocycles. The maximum Gasteiger partial charge on any atom is 0.103 e. The normalized spacial score (nSPS) is 17.9. The van der Waals surface area contributed by atoms with E-state index in [1.807, 2.05) is 0 Å². The predicted molar refractivity (Wildman–Crippen MR) is 63.4 cm³/mol. The van der Waals surface area contributed by atoms with Crippen LogP contribution in [0.4, 0.5) is 0 Å². The number of benzene rings is 1. The summed E-state index contributed by atoms with van der Waals surface area (Å²) < 4.78 is 5.35. The van der Waals surface area contributed by atoms with Crippen molar-refractivity contribution in [1.29, 1.82) is 0 Å². The molecule has 0 bridgehead atoms. The van der Waals surface area contributed by atoms with E-state index >= 15 is 0 Å². The van der Waals surface area contributed by atoms with Crippen LogP contribution in [0.15, 0.2) is 29.2 Å². The smallest absolute Gasteiger partial charge is 0.103 e. The van der Waals surface area contributed by atoms with E-state index in [1.165, 1.54) is 10.5 Å². The minimum absolute atomic E-state index is 0.915. The van der Waals surface area contributed by atoms with Crippen molar-refractivity contribution in [3.05, 3.63) is 29.8 Å². The van der Waals surface area contributed by atoms with Crippen molar-refractivity contribution in [2.24, 2.45) is 0 Å². The van der Waals surface area contributed by atoms with Gasteiger partial charge in [-0.15, -0.1) is 11.8 Å². The second-order valence-corrected chi connectivity index (χ2v) is 4.77. The minimum Gasteiger partial charge on any atom is -0.370 e. The van der Waals surface area contributed by atoms with E-state index in [9.17, 15) is 0 Å². The van der Waals surface area contributed by atoms with Crippen LogP contribution < -0.4 is 4.90 Å². The maximum atomic E-state index is 5.35. The maximum absolute atomic E-state index is 5.35. The van der Waals surface area contributed by atoms with Gasteiger partial charge in [0.2, 0.25) is 0 Å². The molecular formula is C12H18NOS+. The average Bonchev–Trinajstić information content (AvgIpc) is 2.31. The summed E-state index contributed by atoms with van der Waals surface area (Å²) in [7, 11) is 0. The van der Waals surface area contributed by atoms with Gasteiger partial charge in [0, 0.05) is 10.5 Å². The van der Waals surface area contributed by atoms with Crippen LogP contribution >= 0.6 is 11.8 Å². The Kier molecular flexibility index (Phi) is 4.06. The van der Waals surface area contributed by atoms with Crippen LogP contribution in [0.2, 0.25) is 0 Å². The van der Waals surface area contributed by atoms with Crippen LogP contribution in [0.25, 0.3) is 0 Å². The molecule has 0 spiro atoms. The van der Waals surface area contributed by atoms with Gasteiger partial charge in [0.15, 0.2) is 0 Å². The van der Waals surface area contributed by atoms with E-state index in [1.54, 1.807) is 16.7 Å². The number of quaternary nitrogens is 1. The van der Waals surface area contributed by atoms with Crippen molar-refractivity contribution < 1.29 is 9.64 Å². The first-order valence-corrected chi connectivity index (χ1v) is 6.65. The van der Waals surface area contributed by atoms with Gasteiger partial charge in [-0.1, -0.05) is 12.1 Å². The lowest BCUT2D eigenvalue weighted by molar-refractivity contribution is -0.921. The molecule has 0 unspecified atom stereocenters. The van der Waals surface area contributed by atoms with Gasteiger partial charge in [0.05, 0.1) is 13.2 Å². The molecular weight excluding hydrogens is 206 g/mol. The highest BCUT2D eigenvalue weighted by atomic mass is 32.2. The van der Waals surface area contributed by atoms with Crippen LogP contribution in [0.5, 0.6) is 0 Å². The Morgan fingerprint density at radius 1 is 1.20 bits per heavy atom. The zero-order valence-corrected chi connectivity index (χ0v) is 9.98. The van der Waals surface area contributed by atoms with Crippen molar-refractivity contribution in [2.75, 3.05) is 32.6 Å². The fourth-order valence-electron chi connectivity index (χ4n) is 1.87. The van der Waals surface area contributed by atoms with Crippen LogP contribution in [-0.4, -0.2) is 32.6 Å². The molecule has 0 aromatic heterocycles. The molecule has 15 heavy (non-hydrogen) atoms. The summed E-state index contributed by atoms with van der Waals surface area (Å²) >= 11 is 1.80. The van der Waals surface area contributed by atoms with E-state index in [0.29, 0.717) is 0 Å². The van der Waals surface area contributed by atoms with Crippen molar-refractivity contribution in [3.63, 3.8) is 0 Å². The molecule has 0 saturated carbocycles. The summed E-state index contributed by atoms with van der Waals surface area (Å²) in [6.07, 6.45) is 2.11. The fraction of sp³-hybridized carbons (Fsp3) is 0.500. The minimum atomic E-state index is 0.915. The summed E-state index contributed by atoms with van der Waals surface area (Å²) in [6, 6.07) is 8.91. The van der Waals surface area contributed by atoms with Gasteiger partial charge in [-0.05, 0) is 18.4 Å². The average molecular weight is 224 g/mol. The van der Waals surface area contributed by atoms with Gasteiger partial charge >= 0.3 is 0 Å². The Labute approximate surface area is 95.6 Å². The van der Waals surface area contributed by atoms with Gasteiger partial charge in [0.1, 0.15) is 19.6 Å². The third kappa shape index (κ3) is 3.23. The van der Waals surface area contributed by atoms with Gasteiger partial charge in [-0.3, -0.25) is 0 Å². The molecule has 2 rings (SSSR count). The van der Waals surface area contributed by atoms with Gasteiger partial charge < -0.3 is 9.64 Å². The molecule has 2 nitrogen and oxygen atoms in total. The molecule has 1 aromatic carbocycles. The first-order chi connectivity index (χ1) is 7.38. The first-order valence-electron chi connectivity index (χ1n) is 5.43. The molecule has 1 aliphatic heterocycles. The number of ether oxygens (including phenoxy) is 1. The molecule has 3 heteroatoms. The third-order valence-electron chi connectivity index (χ3n) is 2.81. The van der Waals surface area contributed by atoms with Crippen molar-refractivity contribution in [1.82, 2.24) is 0 Å². The molecule has 82 valence electrons. The Morgan fingerprint density at radius 2 is 1.87 bits per heavy atom. The molecule has 1 fully saturated rings. The van der Waals surface area contributed by atoms with E-state index in [4.69, 9.17) is 4.74 Å². The second-order valence-electron chi connectivity index (χ2n) is 3.89. The largest absolute Gasteiger partial charge is 0.370 e. The number of hydrogen-bond acceptors (Lipinski definition) is 2. The molecule has 0 radical (unpaired) electrons. The topological polar surface area (TPSA) is 13.7 Å². The monoisotopic (exact) mass is 224 g/mol. The number of rotatable bonds is 3. The number of thioether (sulfide) groups is 1. The Bertz CT molecular complexity index is 293. The molecule has 1 aliphatic rings. The first kappa shape index (κ1) is 11.0. The lowest BCUT2D eigenvalue weighted by Crippen LogP contribution is -3.12. The molecule has 0 atom stereocenters. The van der Waals surface area contributed by atoms with E-state index in [-0.39, 0.29) is 0 Å². The summed E-state index contributed by atoms with van der Waals surface area (Å²) in [4.78, 5) is 2.98. The second kappa shape index (κ2) is 5.54. The molecule has 1 aromatic rings. The zero-order chi connectivity index (χ0) is 10.5. The molecule has 1 N–H and O–H groups in total. The van der Waals surface area contributed by atoms with Crippen molar-refractivity contribution in [3.8, 4) is 0 Å². The van der Waals surface area contributed by atoms with Gasteiger partial charge in [-0.25, -0.2) is 0 Å². The number of hydrogen-bond donors (Lipinski definition) is 1. The molecule has 0 amide bonds. The summed E-state index contributed by atoms with van der Waals surface area (Å²) in [5, 5.41) is 0. The van der Waals surface area contributed by atoms with Crippen molar-refractivity contribution in [2.45, 2.75) is 11.4 Å². The van der Waals surface area contributed by atoms with Crippen molar-refractivity contribution >= 4 is 11.8 Å². The molecule has 0 aliphatic carbocycles. The van der Waals surface area contributed by atoms with Crippen LogP contribution in [0.1, 0.15) is 5.56 Å². The highest BCUT2D eigenvalue weighted by Gasteiger charge is 2.13. The van der Waals surface area contributed by atoms with Gasteiger partial charge in [-0.2, -0.15) is 0 Å². The lowest BCUT2D eigenvalue weighted by Gasteiger charge is -2.23. The Balaban J connectivity index is 1.91. The summed E-state index contributed by atoms with van der Waals surface area (Å²) in [5.74, 6) is 0. The molecule has 1 saturated heterocycles. The quantitative estimate of drug-likeness (QED) is 0.764. The third-order valence-corrected chi connectivity index (χ3v) is 3.56. The van der Waals surface area contributed by atoms with E-state index in [0.717, 1.165) is 32.8 Å². The summed E-state index contributed by atoms with van der Waals surface area (Å²) in [5.41, 5.74) is 1.43. The number of morpholine rings is 1. The number of nitrogens with one attached hydrogen (secondary N) is 1. The van der Waals surface area contributed by atoms with Crippen LogP contribution in [0.3, 0.4) is 0 Å². The van der Waals surface area contributed by atoms with Crippen LogP contribution in [0, 0.1) is 0 Å². The lowest BCUT2D eigenvalue weighted by atomic mass is 10.2. The highest BCUT2D eigenvalue weighted by molar-refractivity contribution is 7.98. The highest BCUT2D eigenvalue weighted by Crippen LogP contribution is 2.14. The van der Waals surface area contributed by atoms with E-state index in [2.05, 4.69) is 30.5 Å². The van der Waals surface area contributed by atoms with E-state index < -0.39 is 0 Å². The fourth-order valence-corrected chi connectivity index (χ4v) is 2.28. The SMILES string of the molecule is CSc1ccc(C[NH+]2CCOCC2)cc1. The van der Waals surface area contributed by atoms with Gasteiger partial charge in [0.25, 0.3) is 0 Å². The zero-order valence-electron chi connectivity index (χ0n) is 9.16. The predicted octanol–water partition coefficient (Wildman–Crippen LogP) is 0.824. The Morgan fingerprint density at radius 3 is 2.47 bits per heavy atom.